The fourth-order valence-electron chi connectivity index (χ4n) is 2.17. The van der Waals surface area contributed by atoms with Crippen molar-refractivity contribution in [1.29, 1.82) is 0 Å². The molecule has 0 aromatic carbocycles. The quantitative estimate of drug-likeness (QED) is 0.705. The minimum atomic E-state index is 0.111. The van der Waals surface area contributed by atoms with Gasteiger partial charge < -0.3 is 10.2 Å². The predicted molar refractivity (Wildman–Crippen MR) is 62.8 cm³/mol. The molecule has 0 aromatic heterocycles. The van der Waals surface area contributed by atoms with Gasteiger partial charge in [-0.15, -0.1) is 0 Å². The van der Waals surface area contributed by atoms with Gasteiger partial charge in [-0.2, -0.15) is 0 Å². The number of carbonyl (C=O) groups is 1. The van der Waals surface area contributed by atoms with E-state index in [0.29, 0.717) is 6.04 Å². The van der Waals surface area contributed by atoms with Crippen LogP contribution >= 0.6 is 0 Å². The number of nitrogens with one attached hydrogen (secondary N) is 1. The van der Waals surface area contributed by atoms with Crippen LogP contribution in [-0.2, 0) is 4.79 Å². The zero-order valence-electron chi connectivity index (χ0n) is 10.1. The summed E-state index contributed by atoms with van der Waals surface area (Å²) in [5.74, 6) is 0.111. The summed E-state index contributed by atoms with van der Waals surface area (Å²) in [6, 6.07) is 0.421. The molecule has 0 radical (unpaired) electrons. The highest BCUT2D eigenvalue weighted by Gasteiger charge is 2.18. The molecule has 15 heavy (non-hydrogen) atoms. The van der Waals surface area contributed by atoms with E-state index in [1.165, 1.54) is 25.8 Å². The zero-order valence-corrected chi connectivity index (χ0v) is 10.1. The van der Waals surface area contributed by atoms with Crippen LogP contribution in [0.2, 0.25) is 0 Å². The van der Waals surface area contributed by atoms with Crippen molar-refractivity contribution in [3.05, 3.63) is 0 Å². The number of carbonyl (C=O) groups excluding carboxylic acids is 1. The van der Waals surface area contributed by atoms with Gasteiger partial charge in [0.05, 0.1) is 0 Å². The van der Waals surface area contributed by atoms with E-state index in [2.05, 4.69) is 17.1 Å². The average Bonchev–Trinajstić information content (AvgIpc) is 2.20. The van der Waals surface area contributed by atoms with Gasteiger partial charge in [0.2, 0.25) is 5.91 Å². The molecule has 0 aromatic rings. The fraction of sp³-hybridized carbons (Fsp3) is 0.917. The lowest BCUT2D eigenvalue weighted by Crippen LogP contribution is -2.44. The second kappa shape index (κ2) is 6.83. The molecule has 0 saturated carbocycles. The first-order chi connectivity index (χ1) is 7.22. The van der Waals surface area contributed by atoms with Crippen molar-refractivity contribution >= 4 is 5.91 Å². The Kier molecular flexibility index (Phi) is 5.69. The standard InChI is InChI=1S/C12H24N2O/c1-3-4-5-8-14-9-6-12(7-10-14)13-11(2)15/h12H,3-10H2,1-2H3,(H,13,15). The fourth-order valence-corrected chi connectivity index (χ4v) is 2.17. The third-order valence-corrected chi connectivity index (χ3v) is 3.07. The van der Waals surface area contributed by atoms with E-state index < -0.39 is 0 Å². The Bertz CT molecular complexity index is 186. The van der Waals surface area contributed by atoms with Crippen LogP contribution in [0.3, 0.4) is 0 Å². The maximum atomic E-state index is 10.9. The van der Waals surface area contributed by atoms with Crippen LogP contribution in [0.25, 0.3) is 0 Å². The smallest absolute Gasteiger partial charge is 0.217 e. The van der Waals surface area contributed by atoms with Gasteiger partial charge in [-0.05, 0) is 25.8 Å². The molecule has 1 N–H and O–H groups in total. The first kappa shape index (κ1) is 12.5. The van der Waals surface area contributed by atoms with E-state index in [0.717, 1.165) is 25.9 Å². The molecule has 1 aliphatic heterocycles. The molecule has 1 saturated heterocycles. The summed E-state index contributed by atoms with van der Waals surface area (Å²) < 4.78 is 0. The third-order valence-electron chi connectivity index (χ3n) is 3.07. The summed E-state index contributed by atoms with van der Waals surface area (Å²) in [6.45, 7) is 7.38. The topological polar surface area (TPSA) is 32.3 Å². The van der Waals surface area contributed by atoms with Crippen molar-refractivity contribution in [2.24, 2.45) is 0 Å². The third kappa shape index (κ3) is 5.17. The number of amides is 1. The molecule has 0 spiro atoms. The van der Waals surface area contributed by atoms with Crippen molar-refractivity contribution in [2.75, 3.05) is 19.6 Å². The Hall–Kier alpha value is -0.570. The van der Waals surface area contributed by atoms with E-state index in [1.807, 2.05) is 0 Å². The Balaban J connectivity index is 2.10. The lowest BCUT2D eigenvalue weighted by atomic mass is 10.0. The van der Waals surface area contributed by atoms with Gasteiger partial charge in [-0.1, -0.05) is 19.8 Å². The van der Waals surface area contributed by atoms with E-state index >= 15 is 0 Å². The lowest BCUT2D eigenvalue weighted by molar-refractivity contribution is -0.119. The molecule has 3 heteroatoms. The van der Waals surface area contributed by atoms with Crippen molar-refractivity contribution < 1.29 is 4.79 Å². The van der Waals surface area contributed by atoms with Gasteiger partial charge in [0.25, 0.3) is 0 Å². The molecule has 1 fully saturated rings. The Labute approximate surface area is 93.2 Å². The lowest BCUT2D eigenvalue weighted by Gasteiger charge is -2.32. The number of rotatable bonds is 5. The van der Waals surface area contributed by atoms with Crippen LogP contribution in [0, 0.1) is 0 Å². The molecule has 0 bridgehead atoms. The largest absolute Gasteiger partial charge is 0.354 e. The SMILES string of the molecule is CCCCCN1CCC(NC(C)=O)CC1. The van der Waals surface area contributed by atoms with E-state index in [1.54, 1.807) is 6.92 Å². The van der Waals surface area contributed by atoms with Crippen molar-refractivity contribution in [2.45, 2.75) is 52.0 Å². The molecule has 0 aliphatic carbocycles. The zero-order chi connectivity index (χ0) is 11.1. The molecule has 0 unspecified atom stereocenters. The van der Waals surface area contributed by atoms with Crippen LogP contribution < -0.4 is 5.32 Å². The van der Waals surface area contributed by atoms with Crippen LogP contribution in [0.1, 0.15) is 46.0 Å². The predicted octanol–water partition coefficient (Wildman–Crippen LogP) is 1.78. The molecule has 3 nitrogen and oxygen atoms in total. The van der Waals surface area contributed by atoms with E-state index in [-0.39, 0.29) is 5.91 Å². The van der Waals surface area contributed by atoms with Crippen molar-refractivity contribution in [3.8, 4) is 0 Å². The number of nitrogens with zero attached hydrogens (tertiary/aromatic N) is 1. The molecular weight excluding hydrogens is 188 g/mol. The number of unbranched alkanes of at least 4 members (excludes halogenated alkanes) is 2. The summed E-state index contributed by atoms with van der Waals surface area (Å²) in [4.78, 5) is 13.4. The van der Waals surface area contributed by atoms with Gasteiger partial charge in [0.15, 0.2) is 0 Å². The number of likely N-dealkylation sites (tertiary alicyclic amines) is 1. The maximum Gasteiger partial charge on any atom is 0.217 e. The summed E-state index contributed by atoms with van der Waals surface area (Å²) >= 11 is 0. The molecule has 88 valence electrons. The monoisotopic (exact) mass is 212 g/mol. The molecule has 1 rings (SSSR count). The first-order valence-electron chi connectivity index (χ1n) is 6.22. The Morgan fingerprint density at radius 2 is 2.00 bits per heavy atom. The molecule has 1 amide bonds. The minimum absolute atomic E-state index is 0.111. The van der Waals surface area contributed by atoms with Crippen LogP contribution in [0.15, 0.2) is 0 Å². The Morgan fingerprint density at radius 1 is 1.33 bits per heavy atom. The highest BCUT2D eigenvalue weighted by Crippen LogP contribution is 2.11. The number of hydrogen-bond donors (Lipinski definition) is 1. The van der Waals surface area contributed by atoms with E-state index in [9.17, 15) is 4.79 Å². The van der Waals surface area contributed by atoms with Crippen molar-refractivity contribution in [3.63, 3.8) is 0 Å². The highest BCUT2D eigenvalue weighted by molar-refractivity contribution is 5.73. The van der Waals surface area contributed by atoms with Crippen LogP contribution in [0.5, 0.6) is 0 Å². The Morgan fingerprint density at radius 3 is 2.53 bits per heavy atom. The van der Waals surface area contributed by atoms with Gasteiger partial charge in [-0.25, -0.2) is 0 Å². The van der Waals surface area contributed by atoms with Gasteiger partial charge >= 0.3 is 0 Å². The highest BCUT2D eigenvalue weighted by atomic mass is 16.1. The van der Waals surface area contributed by atoms with E-state index in [4.69, 9.17) is 0 Å². The summed E-state index contributed by atoms with van der Waals surface area (Å²) in [6.07, 6.45) is 6.19. The van der Waals surface area contributed by atoms with Crippen molar-refractivity contribution in [1.82, 2.24) is 10.2 Å². The molecule has 0 atom stereocenters. The molecular formula is C12H24N2O. The average molecular weight is 212 g/mol. The summed E-state index contributed by atoms with van der Waals surface area (Å²) in [5, 5.41) is 3.00. The number of hydrogen-bond acceptors (Lipinski definition) is 2. The van der Waals surface area contributed by atoms with Crippen LogP contribution in [-0.4, -0.2) is 36.5 Å². The van der Waals surface area contributed by atoms with Gasteiger partial charge in [0, 0.05) is 26.1 Å². The van der Waals surface area contributed by atoms with Gasteiger partial charge in [-0.3, -0.25) is 4.79 Å². The maximum absolute atomic E-state index is 10.9. The minimum Gasteiger partial charge on any atom is -0.354 e. The second-order valence-electron chi connectivity index (χ2n) is 4.52. The number of piperidine rings is 1. The normalized spacial score (nSPS) is 19.1. The second-order valence-corrected chi connectivity index (χ2v) is 4.52. The first-order valence-corrected chi connectivity index (χ1v) is 6.22. The molecule has 1 heterocycles. The summed E-state index contributed by atoms with van der Waals surface area (Å²) in [7, 11) is 0. The molecule has 1 aliphatic rings. The summed E-state index contributed by atoms with van der Waals surface area (Å²) in [5.41, 5.74) is 0. The van der Waals surface area contributed by atoms with Gasteiger partial charge in [0.1, 0.15) is 0 Å². The van der Waals surface area contributed by atoms with Crippen LogP contribution in [0.4, 0.5) is 0 Å².